The fourth-order valence-electron chi connectivity index (χ4n) is 3.42. The Morgan fingerprint density at radius 1 is 1.24 bits per heavy atom. The summed E-state index contributed by atoms with van der Waals surface area (Å²) < 4.78 is 31.6. The minimum absolute atomic E-state index is 0.0881. The maximum atomic E-state index is 13.3. The molecular weight excluding hydrogens is 328 g/mol. The minimum Gasteiger partial charge on any atom is -0.381 e. The summed E-state index contributed by atoms with van der Waals surface area (Å²) in [5.41, 5.74) is 6.14. The molecule has 5 nitrogen and oxygen atoms in total. The molecule has 0 aliphatic carbocycles. The predicted molar refractivity (Wildman–Crippen MR) is 89.8 cm³/mol. The lowest BCUT2D eigenvalue weighted by molar-refractivity contribution is -0.130. The van der Waals surface area contributed by atoms with Crippen molar-refractivity contribution in [3.05, 3.63) is 35.4 Å². The average molecular weight is 353 g/mol. The minimum atomic E-state index is -0.825. The van der Waals surface area contributed by atoms with E-state index in [0.29, 0.717) is 32.6 Å². The number of ether oxygens (including phenoxy) is 1. The molecule has 0 aromatic heterocycles. The summed E-state index contributed by atoms with van der Waals surface area (Å²) in [4.78, 5) is 14.6. The first-order valence-electron chi connectivity index (χ1n) is 8.80. The van der Waals surface area contributed by atoms with Crippen LogP contribution < -0.4 is 11.1 Å². The molecule has 1 aromatic carbocycles. The third kappa shape index (κ3) is 4.54. The van der Waals surface area contributed by atoms with E-state index in [9.17, 15) is 13.6 Å². The molecular formula is C18H25F2N3O2. The zero-order chi connectivity index (χ0) is 17.9. The topological polar surface area (TPSA) is 67.6 Å². The van der Waals surface area contributed by atoms with E-state index < -0.39 is 17.2 Å². The number of amides is 1. The SMILES string of the molecule is NC1(C(=O)NC2CCN(Cc3ccc(F)c(F)c3)CC2)CCOCC1. The van der Waals surface area contributed by atoms with E-state index in [-0.39, 0.29) is 11.9 Å². The number of nitrogens with zero attached hydrogens (tertiary/aromatic N) is 1. The number of carbonyl (C=O) groups excluding carboxylic acids is 1. The molecule has 1 amide bonds. The first kappa shape index (κ1) is 18.2. The molecule has 0 unspecified atom stereocenters. The number of hydrogen-bond acceptors (Lipinski definition) is 4. The van der Waals surface area contributed by atoms with Crippen LogP contribution in [0.1, 0.15) is 31.2 Å². The van der Waals surface area contributed by atoms with Gasteiger partial charge in [0.25, 0.3) is 0 Å². The van der Waals surface area contributed by atoms with Crippen molar-refractivity contribution < 1.29 is 18.3 Å². The molecule has 3 rings (SSSR count). The number of nitrogens with one attached hydrogen (secondary N) is 1. The van der Waals surface area contributed by atoms with Gasteiger partial charge >= 0.3 is 0 Å². The fourth-order valence-corrected chi connectivity index (χ4v) is 3.42. The number of carbonyl (C=O) groups is 1. The summed E-state index contributed by atoms with van der Waals surface area (Å²) in [6, 6.07) is 4.12. The number of piperidine rings is 1. The van der Waals surface area contributed by atoms with Crippen LogP contribution in [-0.2, 0) is 16.1 Å². The largest absolute Gasteiger partial charge is 0.381 e. The lowest BCUT2D eigenvalue weighted by Crippen LogP contribution is -2.59. The van der Waals surface area contributed by atoms with Gasteiger partial charge in [0.1, 0.15) is 0 Å². The molecule has 1 aromatic rings. The summed E-state index contributed by atoms with van der Waals surface area (Å²) >= 11 is 0. The fraction of sp³-hybridized carbons (Fsp3) is 0.611. The first-order chi connectivity index (χ1) is 12.0. The summed E-state index contributed by atoms with van der Waals surface area (Å²) in [6.45, 7) is 3.22. The average Bonchev–Trinajstić information content (AvgIpc) is 2.60. The van der Waals surface area contributed by atoms with E-state index in [1.807, 2.05) is 0 Å². The molecule has 2 saturated heterocycles. The van der Waals surface area contributed by atoms with Crippen LogP contribution >= 0.6 is 0 Å². The van der Waals surface area contributed by atoms with Gasteiger partial charge in [-0.2, -0.15) is 0 Å². The second-order valence-electron chi connectivity index (χ2n) is 7.04. The summed E-state index contributed by atoms with van der Waals surface area (Å²) in [6.07, 6.45) is 2.74. The van der Waals surface area contributed by atoms with Gasteiger partial charge in [0.2, 0.25) is 5.91 Å². The number of hydrogen-bond donors (Lipinski definition) is 2. The number of benzene rings is 1. The Morgan fingerprint density at radius 2 is 1.92 bits per heavy atom. The number of halogens is 2. The lowest BCUT2D eigenvalue weighted by atomic mass is 9.89. The van der Waals surface area contributed by atoms with E-state index in [2.05, 4.69) is 10.2 Å². The molecule has 2 aliphatic heterocycles. The van der Waals surface area contributed by atoms with Crippen molar-refractivity contribution in [2.75, 3.05) is 26.3 Å². The maximum absolute atomic E-state index is 13.3. The quantitative estimate of drug-likeness (QED) is 0.862. The molecule has 2 fully saturated rings. The van der Waals surface area contributed by atoms with Gasteiger partial charge < -0.3 is 15.8 Å². The van der Waals surface area contributed by atoms with Crippen molar-refractivity contribution in [3.8, 4) is 0 Å². The van der Waals surface area contributed by atoms with E-state index in [1.165, 1.54) is 6.07 Å². The third-order valence-corrected chi connectivity index (χ3v) is 5.15. The number of likely N-dealkylation sites (tertiary alicyclic amines) is 1. The van der Waals surface area contributed by atoms with Crippen LogP contribution in [-0.4, -0.2) is 48.7 Å². The highest BCUT2D eigenvalue weighted by Gasteiger charge is 2.37. The van der Waals surface area contributed by atoms with Crippen LogP contribution in [0.3, 0.4) is 0 Å². The van der Waals surface area contributed by atoms with Gasteiger partial charge in [0, 0.05) is 38.9 Å². The molecule has 0 radical (unpaired) electrons. The van der Waals surface area contributed by atoms with Gasteiger partial charge in [-0.15, -0.1) is 0 Å². The van der Waals surface area contributed by atoms with E-state index in [0.717, 1.165) is 37.6 Å². The monoisotopic (exact) mass is 353 g/mol. The Labute approximate surface area is 146 Å². The standard InChI is InChI=1S/C18H25F2N3O2/c19-15-2-1-13(11-16(15)20)12-23-7-3-14(4-8-23)22-17(24)18(21)5-9-25-10-6-18/h1-2,11,14H,3-10,12,21H2,(H,22,24). The molecule has 0 bridgehead atoms. The zero-order valence-electron chi connectivity index (χ0n) is 14.3. The molecule has 25 heavy (non-hydrogen) atoms. The van der Waals surface area contributed by atoms with Gasteiger partial charge in [0.05, 0.1) is 5.54 Å². The van der Waals surface area contributed by atoms with E-state index in [1.54, 1.807) is 6.07 Å². The highest BCUT2D eigenvalue weighted by Crippen LogP contribution is 2.20. The second-order valence-corrected chi connectivity index (χ2v) is 7.04. The highest BCUT2D eigenvalue weighted by atomic mass is 19.2. The molecule has 3 N–H and O–H groups in total. The first-order valence-corrected chi connectivity index (χ1v) is 8.80. The second kappa shape index (κ2) is 7.76. The van der Waals surface area contributed by atoms with Gasteiger partial charge in [-0.1, -0.05) is 6.07 Å². The normalized spacial score (nSPS) is 21.9. The Kier molecular flexibility index (Phi) is 5.66. The molecule has 0 saturated carbocycles. The summed E-state index contributed by atoms with van der Waals surface area (Å²) in [5, 5.41) is 3.07. The molecule has 2 heterocycles. The van der Waals surface area contributed by atoms with Gasteiger partial charge in [-0.3, -0.25) is 9.69 Å². The summed E-state index contributed by atoms with van der Waals surface area (Å²) in [7, 11) is 0. The molecule has 2 aliphatic rings. The van der Waals surface area contributed by atoms with Crippen molar-refractivity contribution in [2.24, 2.45) is 5.73 Å². The molecule has 0 atom stereocenters. The van der Waals surface area contributed by atoms with E-state index >= 15 is 0 Å². The van der Waals surface area contributed by atoms with Crippen molar-refractivity contribution in [2.45, 2.75) is 43.8 Å². The highest BCUT2D eigenvalue weighted by molar-refractivity contribution is 5.86. The van der Waals surface area contributed by atoms with Gasteiger partial charge in [-0.05, 0) is 43.4 Å². The van der Waals surface area contributed by atoms with E-state index in [4.69, 9.17) is 10.5 Å². The van der Waals surface area contributed by atoms with Crippen LogP contribution in [0, 0.1) is 11.6 Å². The van der Waals surface area contributed by atoms with Crippen LogP contribution in [0.4, 0.5) is 8.78 Å². The van der Waals surface area contributed by atoms with Crippen molar-refractivity contribution in [3.63, 3.8) is 0 Å². The van der Waals surface area contributed by atoms with Gasteiger partial charge in [-0.25, -0.2) is 8.78 Å². The Morgan fingerprint density at radius 3 is 2.56 bits per heavy atom. The smallest absolute Gasteiger partial charge is 0.240 e. The van der Waals surface area contributed by atoms with Crippen molar-refractivity contribution in [1.82, 2.24) is 10.2 Å². The molecule has 0 spiro atoms. The third-order valence-electron chi connectivity index (χ3n) is 5.15. The van der Waals surface area contributed by atoms with Crippen LogP contribution in [0.5, 0.6) is 0 Å². The molecule has 138 valence electrons. The lowest BCUT2D eigenvalue weighted by Gasteiger charge is -2.36. The van der Waals surface area contributed by atoms with Gasteiger partial charge in [0.15, 0.2) is 11.6 Å². The zero-order valence-corrected chi connectivity index (χ0v) is 14.3. The van der Waals surface area contributed by atoms with Crippen LogP contribution in [0.2, 0.25) is 0 Å². The van der Waals surface area contributed by atoms with Crippen LogP contribution in [0.25, 0.3) is 0 Å². The Hall–Kier alpha value is -1.57. The van der Waals surface area contributed by atoms with Crippen molar-refractivity contribution >= 4 is 5.91 Å². The number of nitrogens with two attached hydrogens (primary N) is 1. The number of rotatable bonds is 4. The van der Waals surface area contributed by atoms with Crippen LogP contribution in [0.15, 0.2) is 18.2 Å². The Balaban J connectivity index is 1.46. The predicted octanol–water partition coefficient (Wildman–Crippen LogP) is 1.55. The van der Waals surface area contributed by atoms with Crippen molar-refractivity contribution in [1.29, 1.82) is 0 Å². The maximum Gasteiger partial charge on any atom is 0.240 e. The Bertz CT molecular complexity index is 612. The summed E-state index contributed by atoms with van der Waals surface area (Å²) in [5.74, 6) is -1.73. The molecule has 7 heteroatoms.